The molecule has 72 valence electrons. The molecule has 0 bridgehead atoms. The molecule has 0 spiro atoms. The number of hydrogen-bond acceptors (Lipinski definition) is 2. The third kappa shape index (κ3) is 1.91. The molecule has 1 aromatic carbocycles. The Balaban J connectivity index is 3.44. The van der Waals surface area contributed by atoms with Gasteiger partial charge in [0.2, 0.25) is 0 Å². The predicted molar refractivity (Wildman–Crippen MR) is 58.8 cm³/mol. The maximum atomic E-state index is 10.9. The summed E-state index contributed by atoms with van der Waals surface area (Å²) in [5.41, 5.74) is 2.43. The molecule has 3 heteroatoms. The minimum Gasteiger partial charge on any atom is -0.478 e. The number of hydrogen-bond donors (Lipinski definition) is 2. The van der Waals surface area contributed by atoms with Crippen molar-refractivity contribution < 1.29 is 9.90 Å². The lowest BCUT2D eigenvalue weighted by molar-refractivity contribution is 0.0696. The molecular weight excluding hydrogens is 196 g/mol. The summed E-state index contributed by atoms with van der Waals surface area (Å²) in [4.78, 5) is 10.9. The smallest absolute Gasteiger partial charge is 0.336 e. The molecule has 0 aliphatic rings. The predicted octanol–water partition coefficient (Wildman–Crippen LogP) is 2.10. The van der Waals surface area contributed by atoms with Gasteiger partial charge in [-0.15, -0.1) is 6.42 Å². The van der Waals surface area contributed by atoms with Gasteiger partial charge in [0.05, 0.1) is 5.56 Å². The topological polar surface area (TPSA) is 37.3 Å². The number of benzene rings is 1. The van der Waals surface area contributed by atoms with Gasteiger partial charge in [-0.2, -0.15) is 12.6 Å². The van der Waals surface area contributed by atoms with Crippen molar-refractivity contribution in [3.8, 4) is 12.3 Å². The molecule has 0 saturated carbocycles. The highest BCUT2D eigenvalue weighted by Gasteiger charge is 2.11. The molecule has 0 atom stereocenters. The Labute approximate surface area is 88.4 Å². The van der Waals surface area contributed by atoms with Gasteiger partial charge in [0, 0.05) is 11.3 Å². The molecule has 2 nitrogen and oxygen atoms in total. The molecule has 1 rings (SSSR count). The van der Waals surface area contributed by atoms with E-state index in [-0.39, 0.29) is 5.56 Å². The van der Waals surface area contributed by atoms with Gasteiger partial charge in [0.1, 0.15) is 0 Å². The lowest BCUT2D eigenvalue weighted by Gasteiger charge is -2.07. The first-order chi connectivity index (χ1) is 6.60. The molecule has 0 heterocycles. The lowest BCUT2D eigenvalue weighted by atomic mass is 10.00. The van der Waals surface area contributed by atoms with Crippen LogP contribution in [0.5, 0.6) is 0 Å². The van der Waals surface area contributed by atoms with Crippen LogP contribution in [0.4, 0.5) is 0 Å². The van der Waals surface area contributed by atoms with Crippen LogP contribution >= 0.6 is 12.6 Å². The van der Waals surface area contributed by atoms with E-state index < -0.39 is 5.97 Å². The lowest BCUT2D eigenvalue weighted by Crippen LogP contribution is -2.03. The van der Waals surface area contributed by atoms with Crippen LogP contribution in [0.3, 0.4) is 0 Å². The Hall–Kier alpha value is -1.40. The summed E-state index contributed by atoms with van der Waals surface area (Å²) < 4.78 is 0. The number of carboxylic acid groups (broad SMARTS) is 1. The summed E-state index contributed by atoms with van der Waals surface area (Å²) in [6.45, 7) is 1.76. The molecule has 14 heavy (non-hydrogen) atoms. The van der Waals surface area contributed by atoms with E-state index in [9.17, 15) is 4.79 Å². The average Bonchev–Trinajstić information content (AvgIpc) is 2.17. The Kier molecular flexibility index (Phi) is 3.21. The largest absolute Gasteiger partial charge is 0.478 e. The SMILES string of the molecule is C#Cc1cc(CS)c(C)c(C(=O)O)c1. The molecule has 1 aromatic rings. The number of carbonyl (C=O) groups is 1. The van der Waals surface area contributed by atoms with E-state index >= 15 is 0 Å². The summed E-state index contributed by atoms with van der Waals surface area (Å²) in [6, 6.07) is 3.29. The molecule has 0 fully saturated rings. The maximum absolute atomic E-state index is 10.9. The van der Waals surface area contributed by atoms with Crippen molar-refractivity contribution in [2.75, 3.05) is 0 Å². The first-order valence-electron chi connectivity index (χ1n) is 4.04. The zero-order chi connectivity index (χ0) is 10.7. The highest BCUT2D eigenvalue weighted by atomic mass is 32.1. The van der Waals surface area contributed by atoms with Crippen LogP contribution in [0, 0.1) is 19.3 Å². The van der Waals surface area contributed by atoms with E-state index in [0.717, 1.165) is 11.1 Å². The van der Waals surface area contributed by atoms with Gasteiger partial charge in [0.25, 0.3) is 0 Å². The van der Waals surface area contributed by atoms with Gasteiger partial charge in [-0.3, -0.25) is 0 Å². The van der Waals surface area contributed by atoms with Gasteiger partial charge in [-0.1, -0.05) is 5.92 Å². The Morgan fingerprint density at radius 1 is 1.64 bits per heavy atom. The van der Waals surface area contributed by atoms with Crippen LogP contribution in [0.25, 0.3) is 0 Å². The summed E-state index contributed by atoms with van der Waals surface area (Å²) in [5.74, 6) is 1.96. The van der Waals surface area contributed by atoms with Crippen molar-refractivity contribution in [2.45, 2.75) is 12.7 Å². The Bertz CT molecular complexity index is 416. The summed E-state index contributed by atoms with van der Waals surface area (Å²) >= 11 is 4.12. The number of carboxylic acids is 1. The van der Waals surface area contributed by atoms with Crippen molar-refractivity contribution in [3.05, 3.63) is 34.4 Å². The van der Waals surface area contributed by atoms with E-state index in [0.29, 0.717) is 11.3 Å². The maximum Gasteiger partial charge on any atom is 0.336 e. The fourth-order valence-electron chi connectivity index (χ4n) is 1.24. The van der Waals surface area contributed by atoms with E-state index in [4.69, 9.17) is 11.5 Å². The van der Waals surface area contributed by atoms with Crippen molar-refractivity contribution in [1.82, 2.24) is 0 Å². The molecule has 0 saturated heterocycles. The zero-order valence-corrected chi connectivity index (χ0v) is 8.64. The van der Waals surface area contributed by atoms with Crippen molar-refractivity contribution in [1.29, 1.82) is 0 Å². The van der Waals surface area contributed by atoms with Gasteiger partial charge in [-0.05, 0) is 30.2 Å². The molecule has 0 unspecified atom stereocenters. The fourth-order valence-corrected chi connectivity index (χ4v) is 1.57. The third-order valence-corrected chi connectivity index (χ3v) is 2.42. The number of thiol groups is 1. The van der Waals surface area contributed by atoms with E-state index in [1.807, 2.05) is 0 Å². The first kappa shape index (κ1) is 10.7. The number of rotatable bonds is 2. The van der Waals surface area contributed by atoms with Crippen LogP contribution < -0.4 is 0 Å². The first-order valence-corrected chi connectivity index (χ1v) is 4.67. The van der Waals surface area contributed by atoms with Crippen LogP contribution in [-0.2, 0) is 5.75 Å². The molecule has 0 aliphatic carbocycles. The van der Waals surface area contributed by atoms with Gasteiger partial charge >= 0.3 is 5.97 Å². The van der Waals surface area contributed by atoms with Crippen molar-refractivity contribution in [2.24, 2.45) is 0 Å². The Morgan fingerprint density at radius 2 is 2.29 bits per heavy atom. The highest BCUT2D eigenvalue weighted by Crippen LogP contribution is 2.18. The molecule has 0 aromatic heterocycles. The van der Waals surface area contributed by atoms with E-state index in [1.54, 1.807) is 13.0 Å². The average molecular weight is 206 g/mol. The summed E-state index contributed by atoms with van der Waals surface area (Å²) in [6.07, 6.45) is 5.22. The molecule has 0 amide bonds. The van der Waals surface area contributed by atoms with E-state index in [2.05, 4.69) is 18.5 Å². The second kappa shape index (κ2) is 4.21. The second-order valence-electron chi connectivity index (χ2n) is 2.92. The van der Waals surface area contributed by atoms with E-state index in [1.165, 1.54) is 6.07 Å². The number of terminal acetylenes is 1. The van der Waals surface area contributed by atoms with Crippen LogP contribution in [0.15, 0.2) is 12.1 Å². The van der Waals surface area contributed by atoms with Crippen LogP contribution in [0.1, 0.15) is 27.0 Å². The van der Waals surface area contributed by atoms with Crippen molar-refractivity contribution >= 4 is 18.6 Å². The van der Waals surface area contributed by atoms with Gasteiger partial charge in [-0.25, -0.2) is 4.79 Å². The summed E-state index contributed by atoms with van der Waals surface area (Å²) in [7, 11) is 0. The summed E-state index contributed by atoms with van der Waals surface area (Å²) in [5, 5.41) is 8.91. The quantitative estimate of drug-likeness (QED) is 0.574. The second-order valence-corrected chi connectivity index (χ2v) is 3.23. The standard InChI is InChI=1S/C11H10O2S/c1-3-8-4-9(6-14)7(2)10(5-8)11(12)13/h1,4-5,14H,6H2,2H3,(H,12,13). The van der Waals surface area contributed by atoms with Crippen LogP contribution in [0.2, 0.25) is 0 Å². The van der Waals surface area contributed by atoms with Crippen molar-refractivity contribution in [3.63, 3.8) is 0 Å². The minimum absolute atomic E-state index is 0.254. The minimum atomic E-state index is -0.956. The zero-order valence-electron chi connectivity index (χ0n) is 7.74. The molecule has 0 aliphatic heterocycles. The number of aromatic carboxylic acids is 1. The molecular formula is C11H10O2S. The highest BCUT2D eigenvalue weighted by molar-refractivity contribution is 7.79. The normalized spacial score (nSPS) is 9.50. The molecule has 1 N–H and O–H groups in total. The van der Waals surface area contributed by atoms with Crippen LogP contribution in [-0.4, -0.2) is 11.1 Å². The molecule has 0 radical (unpaired) electrons. The third-order valence-electron chi connectivity index (χ3n) is 2.08. The fraction of sp³-hybridized carbons (Fsp3) is 0.182. The monoisotopic (exact) mass is 206 g/mol. The Morgan fingerprint density at radius 3 is 2.71 bits per heavy atom. The van der Waals surface area contributed by atoms with Gasteiger partial charge in [0.15, 0.2) is 0 Å². The van der Waals surface area contributed by atoms with Gasteiger partial charge < -0.3 is 5.11 Å².